The van der Waals surface area contributed by atoms with Gasteiger partial charge in [-0.05, 0) is 25.5 Å². The lowest BCUT2D eigenvalue weighted by Gasteiger charge is -2.19. The third-order valence-corrected chi connectivity index (χ3v) is 3.20. The van der Waals surface area contributed by atoms with E-state index in [2.05, 4.69) is 20.4 Å². The lowest BCUT2D eigenvalue weighted by Crippen LogP contribution is -2.28. The van der Waals surface area contributed by atoms with Crippen LogP contribution >= 0.6 is 11.6 Å². The van der Waals surface area contributed by atoms with Crippen molar-refractivity contribution in [2.75, 3.05) is 13.1 Å². The van der Waals surface area contributed by atoms with Crippen LogP contribution in [0, 0.1) is 0 Å². The van der Waals surface area contributed by atoms with E-state index in [0.717, 1.165) is 37.4 Å². The summed E-state index contributed by atoms with van der Waals surface area (Å²) in [5.74, 6) is 1.63. The van der Waals surface area contributed by atoms with Gasteiger partial charge >= 0.3 is 0 Å². The summed E-state index contributed by atoms with van der Waals surface area (Å²) in [4.78, 5) is 7.40. The van der Waals surface area contributed by atoms with Gasteiger partial charge in [0.05, 0.1) is 5.02 Å². The second-order valence-corrected chi connectivity index (χ2v) is 4.67. The molecule has 0 saturated carbocycles. The van der Waals surface area contributed by atoms with Gasteiger partial charge in [-0.1, -0.05) is 16.8 Å². The highest BCUT2D eigenvalue weighted by Gasteiger charge is 2.21. The number of H-pyrrole nitrogens is 1. The van der Waals surface area contributed by atoms with Crippen molar-refractivity contribution in [3.8, 4) is 11.6 Å². The molecule has 0 bridgehead atoms. The topological polar surface area (TPSA) is 66.7 Å². The molecule has 2 aromatic heterocycles. The molecule has 0 aromatic carbocycles. The molecule has 3 rings (SSSR count). The molecule has 1 aliphatic rings. The Kier molecular flexibility index (Phi) is 2.86. The molecular weight excluding hydrogens is 240 g/mol. The van der Waals surface area contributed by atoms with Crippen molar-refractivity contribution in [3.05, 3.63) is 23.1 Å². The van der Waals surface area contributed by atoms with Crippen LogP contribution in [0.15, 0.2) is 16.8 Å². The molecule has 2 aromatic rings. The largest absolute Gasteiger partial charge is 0.356 e. The number of hydrogen-bond donors (Lipinski definition) is 2. The third kappa shape index (κ3) is 2.21. The van der Waals surface area contributed by atoms with Crippen LogP contribution in [0.2, 0.25) is 5.02 Å². The highest BCUT2D eigenvalue weighted by molar-refractivity contribution is 6.30. The summed E-state index contributed by atoms with van der Waals surface area (Å²) in [5, 5.41) is 8.01. The molecule has 0 amide bonds. The van der Waals surface area contributed by atoms with Crippen molar-refractivity contribution in [1.82, 2.24) is 20.4 Å². The Morgan fingerprint density at radius 1 is 1.47 bits per heavy atom. The molecule has 0 spiro atoms. The second kappa shape index (κ2) is 4.50. The van der Waals surface area contributed by atoms with Crippen LogP contribution in [0.25, 0.3) is 11.6 Å². The molecule has 1 aliphatic heterocycles. The van der Waals surface area contributed by atoms with Gasteiger partial charge in [0.15, 0.2) is 5.82 Å². The molecular formula is C11H13ClN4O. The average Bonchev–Trinajstić information content (AvgIpc) is 2.98. The fourth-order valence-electron chi connectivity index (χ4n) is 2.07. The van der Waals surface area contributed by atoms with Crippen molar-refractivity contribution in [2.45, 2.75) is 18.8 Å². The quantitative estimate of drug-likeness (QED) is 0.860. The first-order chi connectivity index (χ1) is 8.33. The molecule has 1 unspecified atom stereocenters. The van der Waals surface area contributed by atoms with Gasteiger partial charge in [0, 0.05) is 18.7 Å². The van der Waals surface area contributed by atoms with Crippen molar-refractivity contribution in [3.63, 3.8) is 0 Å². The van der Waals surface area contributed by atoms with Crippen molar-refractivity contribution in [1.29, 1.82) is 0 Å². The minimum atomic E-state index is 0.353. The number of piperidine rings is 1. The van der Waals surface area contributed by atoms with E-state index in [9.17, 15) is 0 Å². The molecule has 5 nitrogen and oxygen atoms in total. The molecule has 17 heavy (non-hydrogen) atoms. The normalized spacial score (nSPS) is 20.6. The summed E-state index contributed by atoms with van der Waals surface area (Å²) >= 11 is 5.83. The van der Waals surface area contributed by atoms with E-state index in [1.165, 1.54) is 0 Å². The predicted molar refractivity (Wildman–Crippen MR) is 63.9 cm³/mol. The van der Waals surface area contributed by atoms with Crippen LogP contribution in [-0.4, -0.2) is 28.2 Å². The first-order valence-corrected chi connectivity index (χ1v) is 6.09. The number of hydrogen-bond acceptors (Lipinski definition) is 4. The van der Waals surface area contributed by atoms with Crippen LogP contribution in [0.1, 0.15) is 24.6 Å². The Bertz CT molecular complexity index is 501. The zero-order chi connectivity index (χ0) is 11.7. The van der Waals surface area contributed by atoms with E-state index >= 15 is 0 Å². The molecule has 90 valence electrons. The molecule has 1 atom stereocenters. The lowest BCUT2D eigenvalue weighted by molar-refractivity contribution is 0.392. The molecule has 0 radical (unpaired) electrons. The Morgan fingerprint density at radius 2 is 2.41 bits per heavy atom. The fourth-order valence-corrected chi connectivity index (χ4v) is 2.24. The number of aromatic nitrogens is 3. The van der Waals surface area contributed by atoms with Crippen LogP contribution < -0.4 is 5.32 Å². The number of nitrogens with one attached hydrogen (secondary N) is 2. The zero-order valence-corrected chi connectivity index (χ0v) is 10.00. The van der Waals surface area contributed by atoms with E-state index in [1.54, 1.807) is 12.3 Å². The molecule has 0 aliphatic carbocycles. The highest BCUT2D eigenvalue weighted by Crippen LogP contribution is 2.24. The summed E-state index contributed by atoms with van der Waals surface area (Å²) in [6.45, 7) is 2.00. The van der Waals surface area contributed by atoms with Gasteiger partial charge in [-0.3, -0.25) is 0 Å². The Morgan fingerprint density at radius 3 is 3.12 bits per heavy atom. The summed E-state index contributed by atoms with van der Waals surface area (Å²) in [5.41, 5.74) is 0.762. The number of rotatable bonds is 2. The first-order valence-electron chi connectivity index (χ1n) is 5.71. The first kappa shape index (κ1) is 10.8. The standard InChI is InChI=1S/C11H13ClN4O/c12-8-4-9(14-6-8)11-15-10(16-17-11)7-2-1-3-13-5-7/h4,6-7,13-14H,1-3,5H2. The van der Waals surface area contributed by atoms with Crippen LogP contribution in [0.4, 0.5) is 0 Å². The second-order valence-electron chi connectivity index (χ2n) is 4.23. The molecule has 1 fully saturated rings. The third-order valence-electron chi connectivity index (χ3n) is 2.98. The Labute approximate surface area is 104 Å². The van der Waals surface area contributed by atoms with E-state index in [1.807, 2.05) is 0 Å². The fraction of sp³-hybridized carbons (Fsp3) is 0.455. The maximum atomic E-state index is 5.83. The van der Waals surface area contributed by atoms with Gasteiger partial charge in [-0.15, -0.1) is 0 Å². The van der Waals surface area contributed by atoms with Gasteiger partial charge in [0.2, 0.25) is 0 Å². The number of halogens is 1. The summed E-state index contributed by atoms with van der Waals surface area (Å²) in [6.07, 6.45) is 3.96. The average molecular weight is 253 g/mol. The summed E-state index contributed by atoms with van der Waals surface area (Å²) in [6, 6.07) is 1.78. The van der Waals surface area contributed by atoms with Gasteiger partial charge in [0.25, 0.3) is 5.89 Å². The molecule has 1 saturated heterocycles. The van der Waals surface area contributed by atoms with E-state index in [4.69, 9.17) is 16.1 Å². The predicted octanol–water partition coefficient (Wildman–Crippen LogP) is 2.19. The van der Waals surface area contributed by atoms with Crippen LogP contribution in [-0.2, 0) is 0 Å². The van der Waals surface area contributed by atoms with E-state index < -0.39 is 0 Å². The van der Waals surface area contributed by atoms with Gasteiger partial charge in [-0.25, -0.2) is 0 Å². The summed E-state index contributed by atoms with van der Waals surface area (Å²) < 4.78 is 5.24. The van der Waals surface area contributed by atoms with Gasteiger partial charge in [0.1, 0.15) is 5.69 Å². The van der Waals surface area contributed by atoms with E-state index in [0.29, 0.717) is 16.8 Å². The maximum Gasteiger partial charge on any atom is 0.274 e. The Hall–Kier alpha value is -1.33. The zero-order valence-electron chi connectivity index (χ0n) is 9.24. The van der Waals surface area contributed by atoms with Crippen molar-refractivity contribution >= 4 is 11.6 Å². The Balaban J connectivity index is 1.82. The molecule has 2 N–H and O–H groups in total. The maximum absolute atomic E-state index is 5.83. The minimum absolute atomic E-state index is 0.353. The summed E-state index contributed by atoms with van der Waals surface area (Å²) in [7, 11) is 0. The molecule has 6 heteroatoms. The SMILES string of the molecule is Clc1c[nH]c(-c2nc(C3CCCNC3)no2)c1. The van der Waals surface area contributed by atoms with Gasteiger partial charge < -0.3 is 14.8 Å². The van der Waals surface area contributed by atoms with Crippen LogP contribution in [0.5, 0.6) is 0 Å². The van der Waals surface area contributed by atoms with Gasteiger partial charge in [-0.2, -0.15) is 4.98 Å². The minimum Gasteiger partial charge on any atom is -0.356 e. The van der Waals surface area contributed by atoms with Crippen molar-refractivity contribution < 1.29 is 4.52 Å². The monoisotopic (exact) mass is 252 g/mol. The van der Waals surface area contributed by atoms with E-state index in [-0.39, 0.29) is 0 Å². The van der Waals surface area contributed by atoms with Crippen molar-refractivity contribution in [2.24, 2.45) is 0 Å². The lowest BCUT2D eigenvalue weighted by atomic mass is 9.99. The number of nitrogens with zero attached hydrogens (tertiary/aromatic N) is 2. The highest BCUT2D eigenvalue weighted by atomic mass is 35.5. The smallest absolute Gasteiger partial charge is 0.274 e. The van der Waals surface area contributed by atoms with Crippen LogP contribution in [0.3, 0.4) is 0 Å². The number of aromatic amines is 1. The molecule has 3 heterocycles.